The maximum absolute atomic E-state index is 11.9. The molecule has 2 heterocycles. The lowest BCUT2D eigenvalue weighted by atomic mass is 10.1. The number of nitrogens with zero attached hydrogens (tertiary/aromatic N) is 2. The molecule has 0 radical (unpaired) electrons. The molecule has 0 bridgehead atoms. The minimum absolute atomic E-state index is 0.0145. The van der Waals surface area contributed by atoms with Crippen molar-refractivity contribution >= 4 is 11.8 Å². The summed E-state index contributed by atoms with van der Waals surface area (Å²) in [5.41, 5.74) is 1.25. The second-order valence-electron chi connectivity index (χ2n) is 4.76. The van der Waals surface area contributed by atoms with Gasteiger partial charge in [0.05, 0.1) is 6.54 Å². The highest BCUT2D eigenvalue weighted by molar-refractivity contribution is 5.94. The molecule has 19 heavy (non-hydrogen) atoms. The van der Waals surface area contributed by atoms with E-state index in [2.05, 4.69) is 15.5 Å². The zero-order valence-corrected chi connectivity index (χ0v) is 11.2. The zero-order valence-electron chi connectivity index (χ0n) is 11.2. The van der Waals surface area contributed by atoms with Crippen molar-refractivity contribution in [3.8, 4) is 0 Å². The van der Waals surface area contributed by atoms with Gasteiger partial charge in [-0.3, -0.25) is 14.7 Å². The van der Waals surface area contributed by atoms with E-state index in [0.29, 0.717) is 5.69 Å². The van der Waals surface area contributed by atoms with Gasteiger partial charge in [0.1, 0.15) is 5.69 Å². The summed E-state index contributed by atoms with van der Waals surface area (Å²) in [4.78, 5) is 25.5. The summed E-state index contributed by atoms with van der Waals surface area (Å²) in [5, 5.41) is 9.32. The molecule has 6 heteroatoms. The molecule has 1 aromatic heterocycles. The normalized spacial score (nSPS) is 15.3. The monoisotopic (exact) mass is 264 g/mol. The summed E-state index contributed by atoms with van der Waals surface area (Å²) in [6, 6.07) is 1.71. The third-order valence-corrected chi connectivity index (χ3v) is 3.35. The van der Waals surface area contributed by atoms with Gasteiger partial charge < -0.3 is 10.2 Å². The molecule has 2 rings (SSSR count). The standard InChI is InChI=1S/C13H20N4O2/c1-2-10-8-11(16-15-10)13(19)14-9-12(18)17-6-4-3-5-7-17/h8H,2-7,9H2,1H3,(H,14,19)(H,15,16). The summed E-state index contributed by atoms with van der Waals surface area (Å²) in [6.07, 6.45) is 4.09. The van der Waals surface area contributed by atoms with Crippen LogP contribution in [-0.4, -0.2) is 46.5 Å². The Balaban J connectivity index is 1.80. The summed E-state index contributed by atoms with van der Waals surface area (Å²) in [6.45, 7) is 3.64. The number of rotatable bonds is 4. The fourth-order valence-corrected chi connectivity index (χ4v) is 2.16. The summed E-state index contributed by atoms with van der Waals surface area (Å²) in [7, 11) is 0. The van der Waals surface area contributed by atoms with Gasteiger partial charge in [-0.15, -0.1) is 0 Å². The largest absolute Gasteiger partial charge is 0.342 e. The molecule has 2 amide bonds. The number of hydrogen-bond acceptors (Lipinski definition) is 3. The number of amides is 2. The highest BCUT2D eigenvalue weighted by atomic mass is 16.2. The van der Waals surface area contributed by atoms with Crippen molar-refractivity contribution in [3.63, 3.8) is 0 Å². The SMILES string of the molecule is CCc1cc(C(=O)NCC(=O)N2CCCCC2)n[nH]1. The van der Waals surface area contributed by atoms with Gasteiger partial charge in [0, 0.05) is 18.8 Å². The number of nitrogens with one attached hydrogen (secondary N) is 2. The molecule has 1 saturated heterocycles. The Bertz CT molecular complexity index is 449. The first-order valence-corrected chi connectivity index (χ1v) is 6.81. The molecule has 0 unspecified atom stereocenters. The third kappa shape index (κ3) is 3.56. The molecule has 2 N–H and O–H groups in total. The predicted octanol–water partition coefficient (Wildman–Crippen LogP) is 0.714. The van der Waals surface area contributed by atoms with E-state index in [4.69, 9.17) is 0 Å². The van der Waals surface area contributed by atoms with Gasteiger partial charge in [0.25, 0.3) is 5.91 Å². The predicted molar refractivity (Wildman–Crippen MR) is 70.7 cm³/mol. The molecule has 1 aromatic rings. The molecular formula is C13H20N4O2. The Labute approximate surface area is 112 Å². The number of hydrogen-bond donors (Lipinski definition) is 2. The van der Waals surface area contributed by atoms with Crippen LogP contribution in [-0.2, 0) is 11.2 Å². The van der Waals surface area contributed by atoms with Crippen LogP contribution in [0.3, 0.4) is 0 Å². The summed E-state index contributed by atoms with van der Waals surface area (Å²) < 4.78 is 0. The van der Waals surface area contributed by atoms with Crippen molar-refractivity contribution in [2.75, 3.05) is 19.6 Å². The number of aromatic amines is 1. The van der Waals surface area contributed by atoms with Crippen molar-refractivity contribution < 1.29 is 9.59 Å². The minimum Gasteiger partial charge on any atom is -0.342 e. The van der Waals surface area contributed by atoms with Gasteiger partial charge in [0.15, 0.2) is 0 Å². The van der Waals surface area contributed by atoms with E-state index < -0.39 is 0 Å². The van der Waals surface area contributed by atoms with Crippen LogP contribution in [0.2, 0.25) is 0 Å². The van der Waals surface area contributed by atoms with Gasteiger partial charge in [-0.05, 0) is 31.7 Å². The van der Waals surface area contributed by atoms with Gasteiger partial charge in [-0.2, -0.15) is 5.10 Å². The van der Waals surface area contributed by atoms with E-state index in [0.717, 1.165) is 38.0 Å². The van der Waals surface area contributed by atoms with E-state index in [1.54, 1.807) is 6.07 Å². The first-order chi connectivity index (χ1) is 9.20. The number of likely N-dealkylation sites (tertiary alicyclic amines) is 1. The second-order valence-corrected chi connectivity index (χ2v) is 4.76. The van der Waals surface area contributed by atoms with Crippen LogP contribution in [0, 0.1) is 0 Å². The molecule has 0 saturated carbocycles. The molecule has 1 aliphatic heterocycles. The van der Waals surface area contributed by atoms with Crippen molar-refractivity contribution in [1.29, 1.82) is 0 Å². The first-order valence-electron chi connectivity index (χ1n) is 6.81. The molecule has 1 aliphatic rings. The van der Waals surface area contributed by atoms with E-state index >= 15 is 0 Å². The van der Waals surface area contributed by atoms with Crippen LogP contribution in [0.1, 0.15) is 42.4 Å². The summed E-state index contributed by atoms with van der Waals surface area (Å²) >= 11 is 0. The molecule has 0 spiro atoms. The molecule has 0 aliphatic carbocycles. The topological polar surface area (TPSA) is 78.1 Å². The highest BCUT2D eigenvalue weighted by Crippen LogP contribution is 2.08. The molecular weight excluding hydrogens is 244 g/mol. The number of piperidine rings is 1. The Morgan fingerprint density at radius 1 is 1.37 bits per heavy atom. The van der Waals surface area contributed by atoms with Crippen LogP contribution in [0.5, 0.6) is 0 Å². The van der Waals surface area contributed by atoms with Crippen molar-refractivity contribution in [1.82, 2.24) is 20.4 Å². The molecule has 6 nitrogen and oxygen atoms in total. The number of aromatic nitrogens is 2. The van der Waals surface area contributed by atoms with Crippen molar-refractivity contribution in [2.45, 2.75) is 32.6 Å². The fourth-order valence-electron chi connectivity index (χ4n) is 2.16. The Morgan fingerprint density at radius 2 is 2.11 bits per heavy atom. The second kappa shape index (κ2) is 6.36. The van der Waals surface area contributed by atoms with Gasteiger partial charge in [-0.25, -0.2) is 0 Å². The molecule has 1 fully saturated rings. The molecule has 104 valence electrons. The number of carbonyl (C=O) groups excluding carboxylic acids is 2. The molecule has 0 aromatic carbocycles. The fraction of sp³-hybridized carbons (Fsp3) is 0.615. The maximum Gasteiger partial charge on any atom is 0.272 e. The van der Waals surface area contributed by atoms with Crippen molar-refractivity contribution in [3.05, 3.63) is 17.5 Å². The Hall–Kier alpha value is -1.85. The van der Waals surface area contributed by atoms with E-state index in [-0.39, 0.29) is 18.4 Å². The number of H-pyrrole nitrogens is 1. The van der Waals surface area contributed by atoms with E-state index in [1.165, 1.54) is 6.42 Å². The lowest BCUT2D eigenvalue weighted by Gasteiger charge is -2.26. The van der Waals surface area contributed by atoms with Crippen LogP contribution < -0.4 is 5.32 Å². The summed E-state index contributed by atoms with van der Waals surface area (Å²) in [5.74, 6) is -0.319. The third-order valence-electron chi connectivity index (χ3n) is 3.35. The van der Waals surface area contributed by atoms with Crippen LogP contribution in [0.4, 0.5) is 0 Å². The minimum atomic E-state index is -0.304. The average Bonchev–Trinajstić information content (AvgIpc) is 2.94. The maximum atomic E-state index is 11.9. The smallest absolute Gasteiger partial charge is 0.272 e. The molecule has 0 atom stereocenters. The number of carbonyl (C=O) groups is 2. The van der Waals surface area contributed by atoms with Crippen molar-refractivity contribution in [2.24, 2.45) is 0 Å². The van der Waals surface area contributed by atoms with E-state index in [9.17, 15) is 9.59 Å². The van der Waals surface area contributed by atoms with Crippen LogP contribution in [0.15, 0.2) is 6.07 Å². The van der Waals surface area contributed by atoms with Crippen LogP contribution >= 0.6 is 0 Å². The van der Waals surface area contributed by atoms with Crippen LogP contribution in [0.25, 0.3) is 0 Å². The van der Waals surface area contributed by atoms with Gasteiger partial charge in [0.2, 0.25) is 5.91 Å². The Morgan fingerprint density at radius 3 is 2.74 bits per heavy atom. The quantitative estimate of drug-likeness (QED) is 0.841. The first kappa shape index (κ1) is 13.6. The van der Waals surface area contributed by atoms with Gasteiger partial charge in [-0.1, -0.05) is 6.92 Å². The highest BCUT2D eigenvalue weighted by Gasteiger charge is 2.17. The van der Waals surface area contributed by atoms with Gasteiger partial charge >= 0.3 is 0 Å². The lowest BCUT2D eigenvalue weighted by molar-refractivity contribution is -0.130. The average molecular weight is 264 g/mol. The van der Waals surface area contributed by atoms with E-state index in [1.807, 2.05) is 11.8 Å². The number of aryl methyl sites for hydroxylation is 1. The zero-order chi connectivity index (χ0) is 13.7. The lowest BCUT2D eigenvalue weighted by Crippen LogP contribution is -2.42. The Kier molecular flexibility index (Phi) is 4.54.